The van der Waals surface area contributed by atoms with Crippen molar-refractivity contribution in [3.63, 3.8) is 0 Å². The van der Waals surface area contributed by atoms with Crippen LogP contribution in [0, 0.1) is 0 Å². The van der Waals surface area contributed by atoms with Gasteiger partial charge < -0.3 is 4.90 Å². The molecule has 0 spiro atoms. The Hall–Kier alpha value is -7.63. The highest BCUT2D eigenvalue weighted by atomic mass is 15.2. The first-order chi connectivity index (χ1) is 27.8. The van der Waals surface area contributed by atoms with Gasteiger partial charge in [0.25, 0.3) is 0 Å². The molecule has 0 amide bonds. The van der Waals surface area contributed by atoms with Crippen molar-refractivity contribution in [2.45, 2.75) is 0 Å². The molecule has 11 aromatic rings. The quantitative estimate of drug-likeness (QED) is 0.182. The fraction of sp³-hybridized carbons (Fsp3) is 0. The largest absolute Gasteiger partial charge is 0.309 e. The van der Waals surface area contributed by atoms with Crippen LogP contribution in [0.2, 0.25) is 0 Å². The number of nitrogens with zero attached hydrogens (tertiary/aromatic N) is 5. The Kier molecular flexibility index (Phi) is 6.56. The molecule has 0 unspecified atom stereocenters. The number of para-hydroxylation sites is 2. The van der Waals surface area contributed by atoms with E-state index in [1.165, 1.54) is 44.0 Å². The Morgan fingerprint density at radius 3 is 1.68 bits per heavy atom. The average molecular weight is 714 g/mol. The molecule has 0 saturated heterocycles. The predicted octanol–water partition coefficient (Wildman–Crippen LogP) is 13.2. The molecule has 12 rings (SSSR count). The molecular formula is C51H31N5. The van der Waals surface area contributed by atoms with E-state index in [-0.39, 0.29) is 0 Å². The van der Waals surface area contributed by atoms with Gasteiger partial charge in [-0.25, -0.2) is 4.98 Å². The maximum absolute atomic E-state index is 5.26. The molecule has 5 heteroatoms. The lowest BCUT2D eigenvalue weighted by Gasteiger charge is -2.34. The van der Waals surface area contributed by atoms with Gasteiger partial charge in [-0.3, -0.25) is 4.57 Å². The van der Waals surface area contributed by atoms with E-state index in [2.05, 4.69) is 198 Å². The highest BCUT2D eigenvalue weighted by Gasteiger charge is 2.28. The molecule has 0 saturated carbocycles. The van der Waals surface area contributed by atoms with Gasteiger partial charge >= 0.3 is 0 Å². The smallest absolute Gasteiger partial charge is 0.238 e. The maximum atomic E-state index is 5.26. The highest BCUT2D eigenvalue weighted by molar-refractivity contribution is 6.19. The summed E-state index contributed by atoms with van der Waals surface area (Å²) in [4.78, 5) is 18.2. The molecule has 0 atom stereocenters. The van der Waals surface area contributed by atoms with Crippen molar-refractivity contribution in [3.05, 3.63) is 188 Å². The third kappa shape index (κ3) is 4.52. The second kappa shape index (κ2) is 11.9. The fourth-order valence-corrected chi connectivity index (χ4v) is 8.87. The molecular weight excluding hydrogens is 683 g/mol. The number of benzene rings is 9. The van der Waals surface area contributed by atoms with Crippen LogP contribution >= 0.6 is 0 Å². The van der Waals surface area contributed by atoms with E-state index in [9.17, 15) is 0 Å². The van der Waals surface area contributed by atoms with Crippen molar-refractivity contribution in [1.82, 2.24) is 19.5 Å². The summed E-state index contributed by atoms with van der Waals surface area (Å²) in [6.45, 7) is 0. The van der Waals surface area contributed by atoms with Crippen molar-refractivity contribution in [2.75, 3.05) is 4.90 Å². The first-order valence-electron chi connectivity index (χ1n) is 19.0. The van der Waals surface area contributed by atoms with Gasteiger partial charge in [0.2, 0.25) is 5.95 Å². The van der Waals surface area contributed by atoms with Crippen molar-refractivity contribution in [3.8, 4) is 39.9 Å². The summed E-state index contributed by atoms with van der Waals surface area (Å²) in [5, 5.41) is 9.47. The summed E-state index contributed by atoms with van der Waals surface area (Å²) in [5.41, 5.74) is 9.89. The maximum Gasteiger partial charge on any atom is 0.238 e. The Morgan fingerprint density at radius 1 is 0.357 bits per heavy atom. The topological polar surface area (TPSA) is 46.8 Å². The van der Waals surface area contributed by atoms with E-state index in [0.29, 0.717) is 17.6 Å². The molecule has 2 aromatic heterocycles. The molecule has 3 heterocycles. The zero-order valence-corrected chi connectivity index (χ0v) is 30.1. The predicted molar refractivity (Wildman–Crippen MR) is 231 cm³/mol. The van der Waals surface area contributed by atoms with Crippen molar-refractivity contribution in [1.29, 1.82) is 0 Å². The number of aromatic nitrogens is 4. The van der Waals surface area contributed by atoms with Crippen LogP contribution in [0.1, 0.15) is 0 Å². The standard InChI is InChI=1S/C51H31N5/c1-3-17-37-32(12-1)14-9-22-43(37)50-52-49(53-51(54-50)56-44-23-7-5-19-39(44)40-20-6-8-24-45(40)56)35-26-29-36(30-27-35)55-46-25-11-16-34-15-10-21-41(47(34)46)42-31-28-33-13-2-4-18-38(33)48(42)55/h1-31H. The molecule has 0 bridgehead atoms. The summed E-state index contributed by atoms with van der Waals surface area (Å²) in [5.74, 6) is 1.83. The lowest BCUT2D eigenvalue weighted by Crippen LogP contribution is -2.15. The van der Waals surface area contributed by atoms with Gasteiger partial charge in [-0.2, -0.15) is 9.97 Å². The Bertz CT molecular complexity index is 3320. The number of rotatable bonds is 4. The summed E-state index contributed by atoms with van der Waals surface area (Å²) in [7, 11) is 0. The number of hydrogen-bond donors (Lipinski definition) is 0. The minimum Gasteiger partial charge on any atom is -0.309 e. The molecule has 1 aliphatic rings. The normalized spacial score (nSPS) is 12.2. The summed E-state index contributed by atoms with van der Waals surface area (Å²) < 4.78 is 2.17. The minimum atomic E-state index is 0.583. The molecule has 0 radical (unpaired) electrons. The summed E-state index contributed by atoms with van der Waals surface area (Å²) in [6.07, 6.45) is 0. The zero-order chi connectivity index (χ0) is 36.7. The van der Waals surface area contributed by atoms with Gasteiger partial charge in [0.15, 0.2) is 11.6 Å². The average Bonchev–Trinajstić information content (AvgIpc) is 3.61. The van der Waals surface area contributed by atoms with Gasteiger partial charge in [-0.1, -0.05) is 146 Å². The van der Waals surface area contributed by atoms with Crippen LogP contribution in [0.15, 0.2) is 188 Å². The highest BCUT2D eigenvalue weighted by Crippen LogP contribution is 2.53. The molecule has 0 N–H and O–H groups in total. The minimum absolute atomic E-state index is 0.583. The van der Waals surface area contributed by atoms with Crippen LogP contribution in [0.3, 0.4) is 0 Å². The van der Waals surface area contributed by atoms with E-state index in [4.69, 9.17) is 15.0 Å². The van der Waals surface area contributed by atoms with Crippen LogP contribution in [-0.4, -0.2) is 19.5 Å². The molecule has 9 aromatic carbocycles. The first kappa shape index (κ1) is 30.8. The van der Waals surface area contributed by atoms with Crippen LogP contribution < -0.4 is 4.90 Å². The molecule has 5 nitrogen and oxygen atoms in total. The first-order valence-corrected chi connectivity index (χ1v) is 19.0. The van der Waals surface area contributed by atoms with E-state index < -0.39 is 0 Å². The molecule has 0 aliphatic carbocycles. The van der Waals surface area contributed by atoms with Crippen LogP contribution in [-0.2, 0) is 0 Å². The lowest BCUT2D eigenvalue weighted by molar-refractivity contribution is 0.954. The molecule has 0 fully saturated rings. The van der Waals surface area contributed by atoms with Gasteiger partial charge in [0, 0.05) is 43.9 Å². The van der Waals surface area contributed by atoms with Gasteiger partial charge in [0.1, 0.15) is 0 Å². The van der Waals surface area contributed by atoms with Crippen molar-refractivity contribution >= 4 is 71.2 Å². The van der Waals surface area contributed by atoms with Gasteiger partial charge in [-0.05, 0) is 69.6 Å². The number of hydrogen-bond acceptors (Lipinski definition) is 4. The fourth-order valence-electron chi connectivity index (χ4n) is 8.87. The van der Waals surface area contributed by atoms with Crippen molar-refractivity contribution < 1.29 is 0 Å². The van der Waals surface area contributed by atoms with Crippen molar-refractivity contribution in [2.24, 2.45) is 0 Å². The lowest BCUT2D eigenvalue weighted by atomic mass is 9.88. The van der Waals surface area contributed by atoms with E-state index in [0.717, 1.165) is 49.4 Å². The SMILES string of the molecule is c1ccc2c(-c3nc(-c4ccc(N5c6c(ccc7ccccc67)-c6cccc7cccc5c67)cc4)nc(-n4c5ccccc5c5ccccc54)n3)cccc2c1. The zero-order valence-electron chi connectivity index (χ0n) is 30.1. The van der Waals surface area contributed by atoms with Crippen LogP contribution in [0.25, 0.3) is 94.0 Å². The third-order valence-electron chi connectivity index (χ3n) is 11.4. The van der Waals surface area contributed by atoms with Gasteiger partial charge in [-0.15, -0.1) is 0 Å². The second-order valence-corrected chi connectivity index (χ2v) is 14.4. The summed E-state index contributed by atoms with van der Waals surface area (Å²) >= 11 is 0. The Morgan fingerprint density at radius 2 is 0.929 bits per heavy atom. The molecule has 1 aliphatic heterocycles. The van der Waals surface area contributed by atoms with Crippen LogP contribution in [0.5, 0.6) is 0 Å². The van der Waals surface area contributed by atoms with E-state index >= 15 is 0 Å². The van der Waals surface area contributed by atoms with E-state index in [1.54, 1.807) is 0 Å². The van der Waals surface area contributed by atoms with E-state index in [1.807, 2.05) is 0 Å². The Labute approximate surface area is 322 Å². The third-order valence-corrected chi connectivity index (χ3v) is 11.4. The molecule has 260 valence electrons. The second-order valence-electron chi connectivity index (χ2n) is 14.4. The number of fused-ring (bicyclic) bond motifs is 8. The number of anilines is 3. The van der Waals surface area contributed by atoms with Crippen LogP contribution in [0.4, 0.5) is 17.1 Å². The Balaban J connectivity index is 1.07. The molecule has 56 heavy (non-hydrogen) atoms. The van der Waals surface area contributed by atoms with Gasteiger partial charge in [0.05, 0.1) is 22.4 Å². The summed E-state index contributed by atoms with van der Waals surface area (Å²) in [6, 6.07) is 66.8. The monoisotopic (exact) mass is 713 g/mol.